The van der Waals surface area contributed by atoms with Crippen LogP contribution in [0.2, 0.25) is 0 Å². The number of hydrogen-bond donors (Lipinski definition) is 0. The number of carbonyl (C=O) groups excluding carboxylic acids is 1. The lowest BCUT2D eigenvalue weighted by Gasteiger charge is -2.35. The van der Waals surface area contributed by atoms with E-state index in [0.717, 1.165) is 44.1 Å². The molecule has 2 fully saturated rings. The zero-order valence-electron chi connectivity index (χ0n) is 14.5. The lowest BCUT2D eigenvalue weighted by molar-refractivity contribution is -0.137. The van der Waals surface area contributed by atoms with Crippen LogP contribution in [0.5, 0.6) is 0 Å². The topological polar surface area (TPSA) is 83.5 Å². The molecule has 3 heterocycles. The van der Waals surface area contributed by atoms with Crippen molar-refractivity contribution in [1.82, 2.24) is 18.0 Å². The molecule has 7 nitrogen and oxygen atoms in total. The van der Waals surface area contributed by atoms with Crippen molar-refractivity contribution in [2.45, 2.75) is 37.0 Å². The van der Waals surface area contributed by atoms with Gasteiger partial charge in [0.2, 0.25) is 15.9 Å². The first-order valence-electron chi connectivity index (χ1n) is 9.07. The van der Waals surface area contributed by atoms with Gasteiger partial charge in [0.1, 0.15) is 15.9 Å². The normalized spacial score (nSPS) is 22.6. The summed E-state index contributed by atoms with van der Waals surface area (Å²) in [6.45, 7) is 2.30. The van der Waals surface area contributed by atoms with E-state index in [0.29, 0.717) is 24.0 Å². The smallest absolute Gasteiger partial charge is 0.245 e. The van der Waals surface area contributed by atoms with E-state index in [9.17, 15) is 13.2 Å². The number of amides is 1. The van der Waals surface area contributed by atoms with Crippen molar-refractivity contribution in [1.29, 1.82) is 0 Å². The Morgan fingerprint density at radius 2 is 1.88 bits per heavy atom. The maximum absolute atomic E-state index is 13.2. The number of hydrogen-bond acceptors (Lipinski definition) is 6. The van der Waals surface area contributed by atoms with Gasteiger partial charge in [0.25, 0.3) is 0 Å². The lowest BCUT2D eigenvalue weighted by Crippen LogP contribution is -2.47. The summed E-state index contributed by atoms with van der Waals surface area (Å²) in [7, 11) is -3.69. The Labute approximate surface area is 157 Å². The van der Waals surface area contributed by atoms with Gasteiger partial charge in [-0.1, -0.05) is 6.07 Å². The number of nitrogens with zero attached hydrogens (tertiary/aromatic N) is 4. The first-order valence-corrected chi connectivity index (χ1v) is 11.2. The third-order valence-corrected chi connectivity index (χ3v) is 7.71. The molecule has 0 bridgehead atoms. The van der Waals surface area contributed by atoms with Gasteiger partial charge in [-0.3, -0.25) is 4.79 Å². The van der Waals surface area contributed by atoms with Crippen LogP contribution in [0.25, 0.3) is 11.0 Å². The fraction of sp³-hybridized carbons (Fsp3) is 0.588. The molecule has 0 aliphatic carbocycles. The molecule has 0 radical (unpaired) electrons. The third kappa shape index (κ3) is 3.23. The third-order valence-electron chi connectivity index (χ3n) is 5.27. The van der Waals surface area contributed by atoms with Crippen molar-refractivity contribution in [2.24, 2.45) is 5.92 Å². The molecule has 2 aliphatic rings. The standard InChI is InChI=1S/C17H22N4O3S2/c22-17(20-9-2-1-3-10-20)13-6-5-11-21(12-13)26(23,24)15-8-4-7-14-16(15)19-25-18-14/h4,7-8,13H,1-3,5-6,9-12H2. The number of sulfonamides is 1. The fourth-order valence-corrected chi connectivity index (χ4v) is 6.14. The van der Waals surface area contributed by atoms with Gasteiger partial charge < -0.3 is 4.90 Å². The van der Waals surface area contributed by atoms with Crippen molar-refractivity contribution in [2.75, 3.05) is 26.2 Å². The van der Waals surface area contributed by atoms with Crippen LogP contribution < -0.4 is 0 Å². The Balaban J connectivity index is 1.57. The van der Waals surface area contributed by atoms with Gasteiger partial charge >= 0.3 is 0 Å². The maximum atomic E-state index is 13.2. The van der Waals surface area contributed by atoms with Gasteiger partial charge in [0.15, 0.2) is 0 Å². The largest absolute Gasteiger partial charge is 0.342 e. The molecule has 2 aromatic rings. The summed E-state index contributed by atoms with van der Waals surface area (Å²) in [6.07, 6.45) is 4.71. The molecule has 1 unspecified atom stereocenters. The van der Waals surface area contributed by atoms with Crippen molar-refractivity contribution in [3.63, 3.8) is 0 Å². The van der Waals surface area contributed by atoms with E-state index < -0.39 is 10.0 Å². The monoisotopic (exact) mass is 394 g/mol. The molecule has 26 heavy (non-hydrogen) atoms. The van der Waals surface area contributed by atoms with Crippen LogP contribution in [0.4, 0.5) is 0 Å². The maximum Gasteiger partial charge on any atom is 0.245 e. The van der Waals surface area contributed by atoms with E-state index in [2.05, 4.69) is 8.75 Å². The Kier molecular flexibility index (Phi) is 4.94. The molecule has 1 aromatic heterocycles. The lowest BCUT2D eigenvalue weighted by atomic mass is 9.97. The summed E-state index contributed by atoms with van der Waals surface area (Å²) >= 11 is 1.01. The summed E-state index contributed by atoms with van der Waals surface area (Å²) in [4.78, 5) is 14.9. The zero-order valence-corrected chi connectivity index (χ0v) is 16.1. The molecule has 9 heteroatoms. The van der Waals surface area contributed by atoms with E-state index in [4.69, 9.17) is 0 Å². The van der Waals surface area contributed by atoms with Crippen molar-refractivity contribution < 1.29 is 13.2 Å². The van der Waals surface area contributed by atoms with Crippen LogP contribution in [0.15, 0.2) is 23.1 Å². The van der Waals surface area contributed by atoms with Crippen molar-refractivity contribution in [3.8, 4) is 0 Å². The van der Waals surface area contributed by atoms with Crippen LogP contribution in [-0.4, -0.2) is 58.5 Å². The molecule has 2 aliphatic heterocycles. The Morgan fingerprint density at radius 3 is 2.69 bits per heavy atom. The van der Waals surface area contributed by atoms with E-state index in [-0.39, 0.29) is 23.3 Å². The molecule has 1 atom stereocenters. The minimum absolute atomic E-state index is 0.109. The Bertz CT molecular complexity index is 906. The molecule has 4 rings (SSSR count). The average molecular weight is 395 g/mol. The van der Waals surface area contributed by atoms with Gasteiger partial charge in [-0.25, -0.2) is 8.42 Å². The number of aromatic nitrogens is 2. The summed E-state index contributed by atoms with van der Waals surface area (Å²) in [5.74, 6) is -0.137. The van der Waals surface area contributed by atoms with Gasteiger partial charge in [0, 0.05) is 26.2 Å². The SMILES string of the molecule is O=C(C1CCCN(S(=O)(=O)c2cccc3nsnc23)C1)N1CCCCC1. The molecule has 140 valence electrons. The van der Waals surface area contributed by atoms with E-state index in [1.54, 1.807) is 18.2 Å². The van der Waals surface area contributed by atoms with Crippen LogP contribution in [-0.2, 0) is 14.8 Å². The number of benzene rings is 1. The second-order valence-corrected chi connectivity index (χ2v) is 9.41. The van der Waals surface area contributed by atoms with E-state index in [1.807, 2.05) is 4.90 Å². The van der Waals surface area contributed by atoms with Crippen molar-refractivity contribution >= 4 is 38.7 Å². The number of rotatable bonds is 3. The van der Waals surface area contributed by atoms with Crippen LogP contribution >= 0.6 is 11.7 Å². The van der Waals surface area contributed by atoms with Crippen LogP contribution in [0, 0.1) is 5.92 Å². The van der Waals surface area contributed by atoms with Crippen molar-refractivity contribution in [3.05, 3.63) is 18.2 Å². The van der Waals surface area contributed by atoms with Crippen LogP contribution in [0.3, 0.4) is 0 Å². The molecule has 1 aromatic carbocycles. The molecule has 1 amide bonds. The molecule has 0 saturated carbocycles. The second kappa shape index (κ2) is 7.21. The number of piperidine rings is 2. The van der Waals surface area contributed by atoms with Gasteiger partial charge in [-0.15, -0.1) is 0 Å². The van der Waals surface area contributed by atoms with E-state index in [1.165, 1.54) is 10.7 Å². The molecule has 0 N–H and O–H groups in total. The first-order chi connectivity index (χ1) is 12.6. The van der Waals surface area contributed by atoms with E-state index >= 15 is 0 Å². The highest BCUT2D eigenvalue weighted by atomic mass is 32.2. The predicted molar refractivity (Wildman–Crippen MR) is 99.3 cm³/mol. The Hall–Kier alpha value is -1.58. The number of carbonyl (C=O) groups is 1. The summed E-state index contributed by atoms with van der Waals surface area (Å²) < 4.78 is 36.1. The van der Waals surface area contributed by atoms with Gasteiger partial charge in [0.05, 0.1) is 17.6 Å². The van der Waals surface area contributed by atoms with Gasteiger partial charge in [-0.05, 0) is 44.2 Å². The summed E-state index contributed by atoms with van der Waals surface area (Å²) in [5, 5.41) is 0. The highest BCUT2D eigenvalue weighted by Gasteiger charge is 2.36. The highest BCUT2D eigenvalue weighted by Crippen LogP contribution is 2.29. The minimum Gasteiger partial charge on any atom is -0.342 e. The first kappa shape index (κ1) is 17.8. The Morgan fingerprint density at radius 1 is 1.08 bits per heavy atom. The minimum atomic E-state index is -3.69. The predicted octanol–water partition coefficient (Wildman–Crippen LogP) is 2.10. The number of fused-ring (bicyclic) bond motifs is 1. The molecular weight excluding hydrogens is 372 g/mol. The zero-order chi connectivity index (χ0) is 18.1. The number of likely N-dealkylation sites (tertiary alicyclic amines) is 1. The molecule has 2 saturated heterocycles. The average Bonchev–Trinajstić information content (AvgIpc) is 3.17. The van der Waals surface area contributed by atoms with Crippen LogP contribution in [0.1, 0.15) is 32.1 Å². The fourth-order valence-electron chi connectivity index (χ4n) is 3.86. The van der Waals surface area contributed by atoms with Gasteiger partial charge in [-0.2, -0.15) is 13.1 Å². The quantitative estimate of drug-likeness (QED) is 0.796. The summed E-state index contributed by atoms with van der Waals surface area (Å²) in [5.41, 5.74) is 1.01. The molecule has 0 spiro atoms. The molecular formula is C17H22N4O3S2. The highest BCUT2D eigenvalue weighted by molar-refractivity contribution is 7.89. The second-order valence-electron chi connectivity index (χ2n) is 6.98. The summed E-state index contributed by atoms with van der Waals surface area (Å²) in [6, 6.07) is 5.03.